The zero-order valence-corrected chi connectivity index (χ0v) is 11.5. The van der Waals surface area contributed by atoms with Gasteiger partial charge in [0.05, 0.1) is 13.2 Å². The Kier molecular flexibility index (Phi) is 4.12. The number of benzene rings is 1. The van der Waals surface area contributed by atoms with Crippen LogP contribution in [0.4, 0.5) is 0 Å². The molecule has 0 saturated heterocycles. The van der Waals surface area contributed by atoms with Crippen molar-refractivity contribution in [2.24, 2.45) is 11.7 Å². The first-order valence-corrected chi connectivity index (χ1v) is 6.83. The van der Waals surface area contributed by atoms with Crippen LogP contribution in [-0.2, 0) is 0 Å². The van der Waals surface area contributed by atoms with Crippen LogP contribution in [0.5, 0.6) is 11.5 Å². The van der Waals surface area contributed by atoms with E-state index >= 15 is 0 Å². The minimum Gasteiger partial charge on any atom is -0.490 e. The zero-order valence-electron chi connectivity index (χ0n) is 11.5. The Balaban J connectivity index is 2.32. The maximum absolute atomic E-state index is 6.29. The van der Waals surface area contributed by atoms with E-state index < -0.39 is 0 Å². The van der Waals surface area contributed by atoms with Crippen molar-refractivity contribution in [1.29, 1.82) is 0 Å². The Bertz CT molecular complexity index is 413. The largest absolute Gasteiger partial charge is 0.490 e. The smallest absolute Gasteiger partial charge is 0.161 e. The van der Waals surface area contributed by atoms with Crippen molar-refractivity contribution in [2.45, 2.75) is 39.7 Å². The molecule has 2 N–H and O–H groups in total. The molecule has 1 aliphatic rings. The van der Waals surface area contributed by atoms with Crippen LogP contribution >= 0.6 is 0 Å². The molecule has 0 amide bonds. The average Bonchev–Trinajstić information content (AvgIpc) is 3.16. The van der Waals surface area contributed by atoms with Crippen LogP contribution in [0.3, 0.4) is 0 Å². The predicted molar refractivity (Wildman–Crippen MR) is 73.2 cm³/mol. The van der Waals surface area contributed by atoms with E-state index in [-0.39, 0.29) is 6.04 Å². The minimum atomic E-state index is 0.139. The summed E-state index contributed by atoms with van der Waals surface area (Å²) in [6.45, 7) is 7.34. The third-order valence-corrected chi connectivity index (χ3v) is 3.42. The highest BCUT2D eigenvalue weighted by Gasteiger charge is 2.31. The molecule has 1 aromatic carbocycles. The van der Waals surface area contributed by atoms with Gasteiger partial charge in [-0.05, 0) is 62.8 Å². The summed E-state index contributed by atoms with van der Waals surface area (Å²) in [5, 5.41) is 0. The van der Waals surface area contributed by atoms with E-state index in [9.17, 15) is 0 Å². The van der Waals surface area contributed by atoms with Crippen molar-refractivity contribution in [2.75, 3.05) is 13.2 Å². The Morgan fingerprint density at radius 1 is 1.17 bits per heavy atom. The van der Waals surface area contributed by atoms with Gasteiger partial charge in [0.15, 0.2) is 11.5 Å². The predicted octanol–water partition coefficient (Wildman–Crippen LogP) is 3.20. The van der Waals surface area contributed by atoms with Crippen molar-refractivity contribution >= 4 is 0 Å². The van der Waals surface area contributed by atoms with Gasteiger partial charge < -0.3 is 15.2 Å². The van der Waals surface area contributed by atoms with Crippen LogP contribution in [-0.4, -0.2) is 13.2 Å². The van der Waals surface area contributed by atoms with Crippen LogP contribution < -0.4 is 15.2 Å². The zero-order chi connectivity index (χ0) is 13.1. The van der Waals surface area contributed by atoms with E-state index in [2.05, 4.69) is 13.0 Å². The molecule has 1 unspecified atom stereocenters. The van der Waals surface area contributed by atoms with Crippen molar-refractivity contribution < 1.29 is 9.47 Å². The Labute approximate surface area is 109 Å². The first-order valence-electron chi connectivity index (χ1n) is 6.83. The summed E-state index contributed by atoms with van der Waals surface area (Å²) in [7, 11) is 0. The number of aryl methyl sites for hydroxylation is 1. The molecule has 18 heavy (non-hydrogen) atoms. The summed E-state index contributed by atoms with van der Waals surface area (Å²) in [5.41, 5.74) is 8.69. The highest BCUT2D eigenvalue weighted by Crippen LogP contribution is 2.42. The number of ether oxygens (including phenoxy) is 2. The van der Waals surface area contributed by atoms with Gasteiger partial charge in [0.25, 0.3) is 0 Å². The lowest BCUT2D eigenvalue weighted by atomic mass is 9.97. The molecule has 0 heterocycles. The molecule has 1 atom stereocenters. The highest BCUT2D eigenvalue weighted by molar-refractivity contribution is 5.48. The second kappa shape index (κ2) is 5.61. The monoisotopic (exact) mass is 249 g/mol. The van der Waals surface area contributed by atoms with Crippen molar-refractivity contribution in [1.82, 2.24) is 0 Å². The third-order valence-electron chi connectivity index (χ3n) is 3.42. The number of hydrogen-bond acceptors (Lipinski definition) is 3. The summed E-state index contributed by atoms with van der Waals surface area (Å²) in [4.78, 5) is 0. The molecule has 3 heteroatoms. The van der Waals surface area contributed by atoms with E-state index in [1.54, 1.807) is 0 Å². The highest BCUT2D eigenvalue weighted by atomic mass is 16.5. The van der Waals surface area contributed by atoms with Crippen molar-refractivity contribution in [3.63, 3.8) is 0 Å². The van der Waals surface area contributed by atoms with E-state index in [0.29, 0.717) is 19.1 Å². The van der Waals surface area contributed by atoms with Gasteiger partial charge in [-0.1, -0.05) is 0 Å². The number of hydrogen-bond donors (Lipinski definition) is 1. The first kappa shape index (κ1) is 13.2. The normalized spacial score (nSPS) is 16.4. The molecule has 3 nitrogen and oxygen atoms in total. The van der Waals surface area contributed by atoms with Crippen LogP contribution in [0.2, 0.25) is 0 Å². The molecule has 0 radical (unpaired) electrons. The number of nitrogens with two attached hydrogens (primary N) is 1. The standard InChI is InChI=1S/C15H23NO2/c1-4-17-13-8-10(3)12(9-14(13)18-5-2)15(16)11-6-7-11/h8-9,11,15H,4-7,16H2,1-3H3. The lowest BCUT2D eigenvalue weighted by Crippen LogP contribution is -2.14. The SMILES string of the molecule is CCOc1cc(C)c(C(N)C2CC2)cc1OCC. The molecular weight excluding hydrogens is 226 g/mol. The van der Waals surface area contributed by atoms with Crippen LogP contribution in [0.25, 0.3) is 0 Å². The fraction of sp³-hybridized carbons (Fsp3) is 0.600. The van der Waals surface area contributed by atoms with E-state index in [0.717, 1.165) is 11.5 Å². The fourth-order valence-corrected chi connectivity index (χ4v) is 2.28. The van der Waals surface area contributed by atoms with Crippen LogP contribution in [0.1, 0.15) is 43.9 Å². The lowest BCUT2D eigenvalue weighted by molar-refractivity contribution is 0.287. The maximum atomic E-state index is 6.29. The summed E-state index contributed by atoms with van der Waals surface area (Å²) in [6.07, 6.45) is 2.50. The molecular formula is C15H23NO2. The Morgan fingerprint density at radius 3 is 2.22 bits per heavy atom. The van der Waals surface area contributed by atoms with Gasteiger partial charge in [-0.15, -0.1) is 0 Å². The summed E-state index contributed by atoms with van der Waals surface area (Å²) < 4.78 is 11.3. The molecule has 1 aromatic rings. The van der Waals surface area contributed by atoms with Crippen molar-refractivity contribution in [3.05, 3.63) is 23.3 Å². The molecule has 1 fully saturated rings. The number of rotatable bonds is 6. The molecule has 100 valence electrons. The maximum Gasteiger partial charge on any atom is 0.161 e. The molecule has 1 aliphatic carbocycles. The lowest BCUT2D eigenvalue weighted by Gasteiger charge is -2.18. The Hall–Kier alpha value is -1.22. The van der Waals surface area contributed by atoms with Gasteiger partial charge in [-0.25, -0.2) is 0 Å². The van der Waals surface area contributed by atoms with Crippen LogP contribution in [0, 0.1) is 12.8 Å². The van der Waals surface area contributed by atoms with Gasteiger partial charge in [0, 0.05) is 6.04 Å². The second-order valence-corrected chi connectivity index (χ2v) is 4.88. The van der Waals surface area contributed by atoms with Gasteiger partial charge >= 0.3 is 0 Å². The fourth-order valence-electron chi connectivity index (χ4n) is 2.28. The quantitative estimate of drug-likeness (QED) is 0.842. The van der Waals surface area contributed by atoms with Crippen LogP contribution in [0.15, 0.2) is 12.1 Å². The molecule has 2 rings (SSSR count). The summed E-state index contributed by atoms with van der Waals surface area (Å²) in [5.74, 6) is 2.29. The van der Waals surface area contributed by atoms with Gasteiger partial charge in [-0.3, -0.25) is 0 Å². The summed E-state index contributed by atoms with van der Waals surface area (Å²) in [6, 6.07) is 4.25. The average molecular weight is 249 g/mol. The summed E-state index contributed by atoms with van der Waals surface area (Å²) >= 11 is 0. The third kappa shape index (κ3) is 2.78. The molecule has 0 aliphatic heterocycles. The molecule has 0 spiro atoms. The Morgan fingerprint density at radius 2 is 1.72 bits per heavy atom. The second-order valence-electron chi connectivity index (χ2n) is 4.88. The molecule has 0 bridgehead atoms. The van der Waals surface area contributed by atoms with Crippen molar-refractivity contribution in [3.8, 4) is 11.5 Å². The van der Waals surface area contributed by atoms with Gasteiger partial charge in [-0.2, -0.15) is 0 Å². The molecule has 0 aromatic heterocycles. The van der Waals surface area contributed by atoms with E-state index in [4.69, 9.17) is 15.2 Å². The minimum absolute atomic E-state index is 0.139. The van der Waals surface area contributed by atoms with E-state index in [1.807, 2.05) is 19.9 Å². The first-order chi connectivity index (χ1) is 8.67. The van der Waals surface area contributed by atoms with Gasteiger partial charge in [0.1, 0.15) is 0 Å². The topological polar surface area (TPSA) is 44.5 Å². The molecule has 1 saturated carbocycles. The van der Waals surface area contributed by atoms with E-state index in [1.165, 1.54) is 24.0 Å². The van der Waals surface area contributed by atoms with Gasteiger partial charge in [0.2, 0.25) is 0 Å².